The van der Waals surface area contributed by atoms with Gasteiger partial charge in [0, 0.05) is 21.5 Å². The smallest absolute Gasteiger partial charge is 0.234 e. The highest BCUT2D eigenvalue weighted by molar-refractivity contribution is 7.99. The molecule has 0 aliphatic carbocycles. The molecule has 0 unspecified atom stereocenters. The summed E-state index contributed by atoms with van der Waals surface area (Å²) in [7, 11) is 0. The Kier molecular flexibility index (Phi) is 7.28. The van der Waals surface area contributed by atoms with Gasteiger partial charge in [0.1, 0.15) is 5.75 Å². The first-order valence-corrected chi connectivity index (χ1v) is 9.43. The maximum absolute atomic E-state index is 12.0. The molecular formula is C18H19Cl2NO2S. The number of rotatable bonds is 7. The van der Waals surface area contributed by atoms with E-state index in [1.165, 1.54) is 11.8 Å². The molecule has 0 spiro atoms. The van der Waals surface area contributed by atoms with E-state index in [1.54, 1.807) is 12.1 Å². The molecule has 0 saturated heterocycles. The number of carbonyl (C=O) groups is 1. The average molecular weight is 384 g/mol. The topological polar surface area (TPSA) is 38.3 Å². The van der Waals surface area contributed by atoms with Gasteiger partial charge in [-0.3, -0.25) is 4.79 Å². The largest absolute Gasteiger partial charge is 0.491 e. The highest BCUT2D eigenvalue weighted by atomic mass is 35.5. The molecule has 2 aromatic rings. The summed E-state index contributed by atoms with van der Waals surface area (Å²) in [6, 6.07) is 12.7. The van der Waals surface area contributed by atoms with Gasteiger partial charge in [-0.1, -0.05) is 29.3 Å². The van der Waals surface area contributed by atoms with Crippen molar-refractivity contribution in [2.45, 2.75) is 25.7 Å². The lowest BCUT2D eigenvalue weighted by Crippen LogP contribution is -2.14. The molecule has 0 aliphatic rings. The number of ether oxygens (including phenoxy) is 1. The molecule has 0 saturated carbocycles. The summed E-state index contributed by atoms with van der Waals surface area (Å²) in [5.74, 6) is 1.74. The molecule has 0 bridgehead atoms. The zero-order chi connectivity index (χ0) is 17.5. The zero-order valence-electron chi connectivity index (χ0n) is 13.5. The third-order valence-electron chi connectivity index (χ3n) is 3.02. The van der Waals surface area contributed by atoms with Gasteiger partial charge in [0.2, 0.25) is 5.91 Å². The van der Waals surface area contributed by atoms with Gasteiger partial charge in [-0.05, 0) is 55.8 Å². The van der Waals surface area contributed by atoms with Crippen LogP contribution in [-0.4, -0.2) is 17.8 Å². The Bertz CT molecular complexity index is 690. The lowest BCUT2D eigenvalue weighted by atomic mass is 10.2. The molecule has 0 fully saturated rings. The lowest BCUT2D eigenvalue weighted by Gasteiger charge is -2.10. The lowest BCUT2D eigenvalue weighted by molar-refractivity contribution is -0.113. The van der Waals surface area contributed by atoms with Crippen LogP contribution >= 0.6 is 35.0 Å². The maximum atomic E-state index is 12.0. The molecular weight excluding hydrogens is 365 g/mol. The summed E-state index contributed by atoms with van der Waals surface area (Å²) in [4.78, 5) is 12.0. The molecule has 1 N–H and O–H groups in total. The van der Waals surface area contributed by atoms with Crippen molar-refractivity contribution in [2.75, 3.05) is 11.1 Å². The van der Waals surface area contributed by atoms with E-state index < -0.39 is 0 Å². The molecule has 0 heterocycles. The van der Waals surface area contributed by atoms with Gasteiger partial charge in [-0.2, -0.15) is 0 Å². The molecule has 0 atom stereocenters. The van der Waals surface area contributed by atoms with Crippen molar-refractivity contribution in [1.82, 2.24) is 0 Å². The van der Waals surface area contributed by atoms with E-state index in [-0.39, 0.29) is 12.0 Å². The summed E-state index contributed by atoms with van der Waals surface area (Å²) in [5.41, 5.74) is 1.72. The van der Waals surface area contributed by atoms with Crippen LogP contribution in [0.15, 0.2) is 42.5 Å². The van der Waals surface area contributed by atoms with Crippen LogP contribution in [0.5, 0.6) is 5.75 Å². The minimum absolute atomic E-state index is 0.0531. The van der Waals surface area contributed by atoms with Gasteiger partial charge in [-0.25, -0.2) is 0 Å². The number of hydrogen-bond donors (Lipinski definition) is 1. The Morgan fingerprint density at radius 1 is 1.17 bits per heavy atom. The van der Waals surface area contributed by atoms with Gasteiger partial charge in [0.25, 0.3) is 0 Å². The summed E-state index contributed by atoms with van der Waals surface area (Å²) >= 11 is 13.5. The Morgan fingerprint density at radius 3 is 2.50 bits per heavy atom. The SMILES string of the molecule is CC(C)Oc1ccc(NC(=O)CSCc2ccc(Cl)cc2Cl)cc1. The second-order valence-corrected chi connectivity index (χ2v) is 7.30. The van der Waals surface area contributed by atoms with Crippen LogP contribution in [0, 0.1) is 0 Å². The number of carbonyl (C=O) groups excluding carboxylic acids is 1. The number of hydrogen-bond acceptors (Lipinski definition) is 3. The molecule has 0 aliphatic heterocycles. The Morgan fingerprint density at radius 2 is 1.88 bits per heavy atom. The second-order valence-electron chi connectivity index (χ2n) is 5.47. The fourth-order valence-electron chi connectivity index (χ4n) is 1.98. The van der Waals surface area contributed by atoms with Crippen molar-refractivity contribution in [3.05, 3.63) is 58.1 Å². The fraction of sp³-hybridized carbons (Fsp3) is 0.278. The number of anilines is 1. The molecule has 128 valence electrons. The number of nitrogens with one attached hydrogen (secondary N) is 1. The van der Waals surface area contributed by atoms with E-state index in [0.29, 0.717) is 21.6 Å². The van der Waals surface area contributed by atoms with Crippen LogP contribution in [0.1, 0.15) is 19.4 Å². The van der Waals surface area contributed by atoms with E-state index in [4.69, 9.17) is 27.9 Å². The highest BCUT2D eigenvalue weighted by Crippen LogP contribution is 2.25. The number of halogens is 2. The monoisotopic (exact) mass is 383 g/mol. The van der Waals surface area contributed by atoms with Gasteiger partial charge < -0.3 is 10.1 Å². The number of thioether (sulfide) groups is 1. The zero-order valence-corrected chi connectivity index (χ0v) is 15.8. The van der Waals surface area contributed by atoms with E-state index in [9.17, 15) is 4.79 Å². The second kappa shape index (κ2) is 9.21. The predicted molar refractivity (Wildman–Crippen MR) is 103 cm³/mol. The van der Waals surface area contributed by atoms with E-state index in [2.05, 4.69) is 5.32 Å². The van der Waals surface area contributed by atoms with Crippen LogP contribution in [0.3, 0.4) is 0 Å². The van der Waals surface area contributed by atoms with Gasteiger partial charge in [0.15, 0.2) is 0 Å². The third-order valence-corrected chi connectivity index (χ3v) is 4.58. The number of amides is 1. The molecule has 2 aromatic carbocycles. The van der Waals surface area contributed by atoms with Gasteiger partial charge in [0.05, 0.1) is 11.9 Å². The Balaban J connectivity index is 1.78. The van der Waals surface area contributed by atoms with E-state index >= 15 is 0 Å². The van der Waals surface area contributed by atoms with Crippen LogP contribution in [0.2, 0.25) is 10.0 Å². The van der Waals surface area contributed by atoms with Gasteiger partial charge >= 0.3 is 0 Å². The molecule has 0 radical (unpaired) electrons. The van der Waals surface area contributed by atoms with E-state index in [1.807, 2.05) is 44.2 Å². The highest BCUT2D eigenvalue weighted by Gasteiger charge is 2.06. The maximum Gasteiger partial charge on any atom is 0.234 e. The minimum Gasteiger partial charge on any atom is -0.491 e. The minimum atomic E-state index is -0.0531. The molecule has 24 heavy (non-hydrogen) atoms. The Labute approximate surface area is 156 Å². The first kappa shape index (κ1) is 19.0. The normalized spacial score (nSPS) is 10.7. The van der Waals surface area contributed by atoms with Crippen molar-refractivity contribution in [1.29, 1.82) is 0 Å². The average Bonchev–Trinajstić information content (AvgIpc) is 2.51. The summed E-state index contributed by atoms with van der Waals surface area (Å²) < 4.78 is 5.57. The number of benzene rings is 2. The van der Waals surface area contributed by atoms with Crippen LogP contribution in [-0.2, 0) is 10.5 Å². The van der Waals surface area contributed by atoms with Crippen LogP contribution < -0.4 is 10.1 Å². The van der Waals surface area contributed by atoms with Crippen LogP contribution in [0.25, 0.3) is 0 Å². The molecule has 6 heteroatoms. The van der Waals surface area contributed by atoms with Crippen LogP contribution in [0.4, 0.5) is 5.69 Å². The van der Waals surface area contributed by atoms with Gasteiger partial charge in [-0.15, -0.1) is 11.8 Å². The Hall–Kier alpha value is -1.36. The molecule has 3 nitrogen and oxygen atoms in total. The first-order chi connectivity index (χ1) is 11.4. The molecule has 2 rings (SSSR count). The van der Waals surface area contributed by atoms with Crippen molar-refractivity contribution in [2.24, 2.45) is 0 Å². The first-order valence-electron chi connectivity index (χ1n) is 7.52. The quantitative estimate of drug-likeness (QED) is 0.670. The van der Waals surface area contributed by atoms with Crippen molar-refractivity contribution in [3.8, 4) is 5.75 Å². The van der Waals surface area contributed by atoms with Crippen molar-refractivity contribution >= 4 is 46.6 Å². The molecule has 1 amide bonds. The summed E-state index contributed by atoms with van der Waals surface area (Å²) in [5, 5.41) is 4.09. The summed E-state index contributed by atoms with van der Waals surface area (Å²) in [6.07, 6.45) is 0.126. The third kappa shape index (κ3) is 6.27. The summed E-state index contributed by atoms with van der Waals surface area (Å²) in [6.45, 7) is 3.94. The standard InChI is InChI=1S/C18H19Cl2NO2S/c1-12(2)23-16-7-5-15(6-8-16)21-18(22)11-24-10-13-3-4-14(19)9-17(13)20/h3-9,12H,10-11H2,1-2H3,(H,21,22). The van der Waals surface area contributed by atoms with E-state index in [0.717, 1.165) is 17.0 Å². The predicted octanol–water partition coefficient (Wildman–Crippen LogP) is 5.65. The van der Waals surface area contributed by atoms with Crippen molar-refractivity contribution in [3.63, 3.8) is 0 Å². The fourth-order valence-corrected chi connectivity index (χ4v) is 3.36. The molecule has 0 aromatic heterocycles. The van der Waals surface area contributed by atoms with Crippen molar-refractivity contribution < 1.29 is 9.53 Å².